The Labute approximate surface area is 114 Å². The Morgan fingerprint density at radius 3 is 3.00 bits per heavy atom. The Balaban J connectivity index is 2.11. The molecular weight excluding hydrogens is 300 g/mol. The molecular formula is C12H15BrN2O3. The van der Waals surface area contributed by atoms with Crippen molar-refractivity contribution in [2.75, 3.05) is 25.6 Å². The molecule has 0 aliphatic carbocycles. The number of carbonyl (C=O) groups is 1. The molecule has 5 nitrogen and oxygen atoms in total. The lowest BCUT2D eigenvalue weighted by Crippen LogP contribution is -2.51. The first-order chi connectivity index (χ1) is 8.55. The van der Waals surface area contributed by atoms with Crippen LogP contribution in [0.2, 0.25) is 0 Å². The van der Waals surface area contributed by atoms with E-state index in [1.807, 2.05) is 6.07 Å². The first kappa shape index (κ1) is 13.3. The number of ether oxygens (including phenoxy) is 2. The van der Waals surface area contributed by atoms with Crippen molar-refractivity contribution in [2.45, 2.75) is 12.0 Å². The van der Waals surface area contributed by atoms with Gasteiger partial charge in [-0.1, -0.05) is 0 Å². The van der Waals surface area contributed by atoms with Gasteiger partial charge in [-0.2, -0.15) is 0 Å². The number of anilines is 1. The topological polar surface area (TPSA) is 73.6 Å². The predicted molar refractivity (Wildman–Crippen MR) is 71.7 cm³/mol. The number of hydrogen-bond acceptors (Lipinski definition) is 4. The summed E-state index contributed by atoms with van der Waals surface area (Å²) in [5.41, 5.74) is 5.69. The Morgan fingerprint density at radius 2 is 2.39 bits per heavy atom. The number of amides is 1. The second-order valence-electron chi connectivity index (χ2n) is 4.26. The van der Waals surface area contributed by atoms with Crippen LogP contribution in [0.3, 0.4) is 0 Å². The van der Waals surface area contributed by atoms with Crippen LogP contribution in [0.15, 0.2) is 22.7 Å². The zero-order valence-corrected chi connectivity index (χ0v) is 11.6. The van der Waals surface area contributed by atoms with Gasteiger partial charge in [0, 0.05) is 18.4 Å². The smallest absolute Gasteiger partial charge is 0.246 e. The van der Waals surface area contributed by atoms with E-state index in [1.54, 1.807) is 19.2 Å². The van der Waals surface area contributed by atoms with Gasteiger partial charge in [0.05, 0.1) is 18.2 Å². The summed E-state index contributed by atoms with van der Waals surface area (Å²) >= 11 is 3.35. The summed E-state index contributed by atoms with van der Waals surface area (Å²) < 4.78 is 11.2. The molecule has 1 atom stereocenters. The molecule has 6 heteroatoms. The van der Waals surface area contributed by atoms with E-state index in [4.69, 9.17) is 15.2 Å². The normalized spacial score (nSPS) is 22.8. The van der Waals surface area contributed by atoms with E-state index in [2.05, 4.69) is 21.2 Å². The zero-order chi connectivity index (χ0) is 13.2. The van der Waals surface area contributed by atoms with Gasteiger partial charge in [-0.05, 0) is 34.5 Å². The highest BCUT2D eigenvalue weighted by Gasteiger charge is 2.38. The minimum atomic E-state index is -0.930. The maximum atomic E-state index is 12.1. The van der Waals surface area contributed by atoms with Gasteiger partial charge in [-0.3, -0.25) is 4.79 Å². The molecule has 1 aromatic carbocycles. The van der Waals surface area contributed by atoms with Crippen molar-refractivity contribution >= 4 is 27.5 Å². The van der Waals surface area contributed by atoms with Crippen LogP contribution in [-0.4, -0.2) is 31.8 Å². The van der Waals surface area contributed by atoms with Gasteiger partial charge in [-0.25, -0.2) is 0 Å². The maximum absolute atomic E-state index is 12.1. The van der Waals surface area contributed by atoms with Crippen molar-refractivity contribution in [3.8, 4) is 5.75 Å². The number of nitrogens with one attached hydrogen (secondary N) is 1. The van der Waals surface area contributed by atoms with Gasteiger partial charge in [0.25, 0.3) is 0 Å². The second-order valence-corrected chi connectivity index (χ2v) is 5.12. The van der Waals surface area contributed by atoms with E-state index in [0.717, 1.165) is 4.47 Å². The van der Waals surface area contributed by atoms with E-state index in [-0.39, 0.29) is 12.5 Å². The summed E-state index contributed by atoms with van der Waals surface area (Å²) in [5.74, 6) is 0.422. The quantitative estimate of drug-likeness (QED) is 0.887. The van der Waals surface area contributed by atoms with Crippen LogP contribution < -0.4 is 15.8 Å². The molecule has 1 saturated heterocycles. The van der Waals surface area contributed by atoms with Gasteiger partial charge in [-0.15, -0.1) is 0 Å². The first-order valence-corrected chi connectivity index (χ1v) is 6.36. The number of benzene rings is 1. The highest BCUT2D eigenvalue weighted by atomic mass is 79.9. The van der Waals surface area contributed by atoms with E-state index in [0.29, 0.717) is 24.5 Å². The summed E-state index contributed by atoms with van der Waals surface area (Å²) in [6, 6.07) is 5.33. The van der Waals surface area contributed by atoms with Gasteiger partial charge in [0.2, 0.25) is 5.91 Å². The van der Waals surface area contributed by atoms with E-state index in [1.165, 1.54) is 0 Å². The third kappa shape index (κ3) is 2.66. The fraction of sp³-hybridized carbons (Fsp3) is 0.417. The van der Waals surface area contributed by atoms with Crippen LogP contribution >= 0.6 is 15.9 Å². The minimum absolute atomic E-state index is 0.232. The molecule has 1 fully saturated rings. The largest absolute Gasteiger partial charge is 0.495 e. The lowest BCUT2D eigenvalue weighted by Gasteiger charge is -2.20. The summed E-state index contributed by atoms with van der Waals surface area (Å²) in [6.45, 7) is 0.778. The molecule has 0 saturated carbocycles. The Hall–Kier alpha value is -1.11. The molecule has 98 valence electrons. The lowest BCUT2D eigenvalue weighted by molar-refractivity contribution is -0.121. The lowest BCUT2D eigenvalue weighted by atomic mass is 9.99. The number of rotatable bonds is 3. The van der Waals surface area contributed by atoms with Crippen LogP contribution in [0.1, 0.15) is 6.42 Å². The minimum Gasteiger partial charge on any atom is -0.495 e. The molecule has 2 rings (SSSR count). The van der Waals surface area contributed by atoms with Gasteiger partial charge in [0.1, 0.15) is 11.3 Å². The van der Waals surface area contributed by atoms with Gasteiger partial charge >= 0.3 is 0 Å². The summed E-state index contributed by atoms with van der Waals surface area (Å²) in [7, 11) is 1.57. The number of methoxy groups -OCH3 is 1. The van der Waals surface area contributed by atoms with Crippen molar-refractivity contribution in [3.05, 3.63) is 22.7 Å². The third-order valence-corrected chi connectivity index (χ3v) is 3.57. The molecule has 1 aliphatic heterocycles. The average Bonchev–Trinajstić information content (AvgIpc) is 2.80. The van der Waals surface area contributed by atoms with Crippen LogP contribution in [0.5, 0.6) is 5.75 Å². The second kappa shape index (κ2) is 5.26. The Bertz CT molecular complexity index is 459. The number of halogens is 1. The monoisotopic (exact) mass is 314 g/mol. The zero-order valence-electron chi connectivity index (χ0n) is 10.0. The van der Waals surface area contributed by atoms with Gasteiger partial charge in [0.15, 0.2) is 0 Å². The molecule has 0 spiro atoms. The number of nitrogens with two attached hydrogens (primary N) is 1. The molecule has 3 N–H and O–H groups in total. The molecule has 1 aromatic rings. The number of hydrogen-bond donors (Lipinski definition) is 2. The number of carbonyl (C=O) groups excluding carboxylic acids is 1. The highest BCUT2D eigenvalue weighted by Crippen LogP contribution is 2.28. The average molecular weight is 315 g/mol. The summed E-state index contributed by atoms with van der Waals surface area (Å²) in [4.78, 5) is 12.1. The van der Waals surface area contributed by atoms with Crippen LogP contribution in [0, 0.1) is 0 Å². The van der Waals surface area contributed by atoms with Gasteiger partial charge < -0.3 is 20.5 Å². The third-order valence-electron chi connectivity index (χ3n) is 2.91. The molecule has 0 aromatic heterocycles. The van der Waals surface area contributed by atoms with Crippen LogP contribution in [0.4, 0.5) is 5.69 Å². The van der Waals surface area contributed by atoms with Crippen LogP contribution in [0.25, 0.3) is 0 Å². The van der Waals surface area contributed by atoms with Crippen molar-refractivity contribution in [3.63, 3.8) is 0 Å². The van der Waals surface area contributed by atoms with Crippen molar-refractivity contribution in [1.82, 2.24) is 0 Å². The Kier molecular flexibility index (Phi) is 3.89. The van der Waals surface area contributed by atoms with Crippen molar-refractivity contribution in [2.24, 2.45) is 5.73 Å². The van der Waals surface area contributed by atoms with E-state index < -0.39 is 5.54 Å². The standard InChI is InChI=1S/C12H15BrN2O3/c1-17-10-6-8(2-3-9(10)13)15-11(16)12(14)4-5-18-7-12/h2-3,6H,4-5,7,14H2,1H3,(H,15,16). The molecule has 1 amide bonds. The molecule has 1 heterocycles. The van der Waals surface area contributed by atoms with Crippen molar-refractivity contribution in [1.29, 1.82) is 0 Å². The fourth-order valence-corrected chi connectivity index (χ4v) is 2.16. The molecule has 18 heavy (non-hydrogen) atoms. The first-order valence-electron chi connectivity index (χ1n) is 5.57. The predicted octanol–water partition coefficient (Wildman–Crippen LogP) is 1.51. The molecule has 1 unspecified atom stereocenters. The molecule has 0 radical (unpaired) electrons. The van der Waals surface area contributed by atoms with Crippen LogP contribution in [-0.2, 0) is 9.53 Å². The summed E-state index contributed by atoms with van der Waals surface area (Å²) in [6.07, 6.45) is 0.534. The summed E-state index contributed by atoms with van der Waals surface area (Å²) in [5, 5.41) is 2.78. The van der Waals surface area contributed by atoms with E-state index >= 15 is 0 Å². The Morgan fingerprint density at radius 1 is 1.61 bits per heavy atom. The molecule has 1 aliphatic rings. The molecule has 0 bridgehead atoms. The highest BCUT2D eigenvalue weighted by molar-refractivity contribution is 9.10. The SMILES string of the molecule is COc1cc(NC(=O)C2(N)CCOC2)ccc1Br. The maximum Gasteiger partial charge on any atom is 0.246 e. The fourth-order valence-electron chi connectivity index (χ4n) is 1.75. The van der Waals surface area contributed by atoms with E-state index in [9.17, 15) is 4.79 Å². The van der Waals surface area contributed by atoms with Crippen molar-refractivity contribution < 1.29 is 14.3 Å².